The van der Waals surface area contributed by atoms with Gasteiger partial charge in [0.25, 0.3) is 0 Å². The third-order valence-corrected chi connectivity index (χ3v) is 3.29. The molecule has 1 nitrogen and oxygen atoms in total. The molecule has 16 heavy (non-hydrogen) atoms. The molecule has 0 aliphatic heterocycles. The topological polar surface area (TPSA) is 12.0 Å². The number of benzene rings is 1. The van der Waals surface area contributed by atoms with Gasteiger partial charge in [-0.1, -0.05) is 48.3 Å². The molecule has 0 radical (unpaired) electrons. The van der Waals surface area contributed by atoms with Crippen molar-refractivity contribution in [1.82, 2.24) is 5.32 Å². The van der Waals surface area contributed by atoms with Crippen LogP contribution in [-0.2, 0) is 6.42 Å². The lowest BCUT2D eigenvalue weighted by atomic mass is 9.95. The van der Waals surface area contributed by atoms with Crippen molar-refractivity contribution in [3.05, 3.63) is 34.3 Å². The van der Waals surface area contributed by atoms with Crippen molar-refractivity contribution in [2.24, 2.45) is 5.92 Å². The zero-order valence-corrected chi connectivity index (χ0v) is 11.9. The highest BCUT2D eigenvalue weighted by Crippen LogP contribution is 2.17. The van der Waals surface area contributed by atoms with Gasteiger partial charge < -0.3 is 5.32 Å². The Balaban J connectivity index is 2.52. The van der Waals surface area contributed by atoms with Gasteiger partial charge in [-0.25, -0.2) is 0 Å². The van der Waals surface area contributed by atoms with Crippen LogP contribution in [0.3, 0.4) is 0 Å². The summed E-state index contributed by atoms with van der Waals surface area (Å²) >= 11 is 3.53. The Labute approximate surface area is 108 Å². The van der Waals surface area contributed by atoms with E-state index < -0.39 is 0 Å². The number of halogens is 1. The predicted molar refractivity (Wildman–Crippen MR) is 74.8 cm³/mol. The minimum atomic E-state index is 0.763. The maximum atomic E-state index is 3.53. The molecule has 2 heteroatoms. The summed E-state index contributed by atoms with van der Waals surface area (Å²) in [5, 5.41) is 3.46. The molecule has 1 rings (SSSR count). The third kappa shape index (κ3) is 5.13. The summed E-state index contributed by atoms with van der Waals surface area (Å²) in [6.07, 6.45) is 3.75. The molecule has 90 valence electrons. The molecule has 0 heterocycles. The van der Waals surface area contributed by atoms with E-state index in [1.165, 1.54) is 29.3 Å². The van der Waals surface area contributed by atoms with Crippen LogP contribution in [0.25, 0.3) is 0 Å². The van der Waals surface area contributed by atoms with Gasteiger partial charge in [0.05, 0.1) is 0 Å². The number of hydrogen-bond donors (Lipinski definition) is 1. The van der Waals surface area contributed by atoms with Gasteiger partial charge in [-0.05, 0) is 49.5 Å². The van der Waals surface area contributed by atoms with Crippen molar-refractivity contribution in [3.8, 4) is 0 Å². The maximum Gasteiger partial charge on any atom is 0.0177 e. The molecule has 0 saturated heterocycles. The Bertz CT molecular complexity index is 299. The van der Waals surface area contributed by atoms with Crippen LogP contribution in [0.1, 0.15) is 32.3 Å². The molecule has 1 N–H and O–H groups in total. The van der Waals surface area contributed by atoms with Crippen molar-refractivity contribution in [3.63, 3.8) is 0 Å². The Kier molecular flexibility index (Phi) is 6.74. The van der Waals surface area contributed by atoms with E-state index in [1.54, 1.807) is 0 Å². The zero-order valence-electron chi connectivity index (χ0n) is 10.3. The largest absolute Gasteiger partial charge is 0.317 e. The molecular formula is C14H22BrN. The first-order valence-corrected chi connectivity index (χ1v) is 7.00. The monoisotopic (exact) mass is 283 g/mol. The smallest absolute Gasteiger partial charge is 0.0177 e. The van der Waals surface area contributed by atoms with E-state index in [0.29, 0.717) is 0 Å². The quantitative estimate of drug-likeness (QED) is 0.797. The minimum Gasteiger partial charge on any atom is -0.317 e. The van der Waals surface area contributed by atoms with Crippen molar-refractivity contribution in [2.75, 3.05) is 13.1 Å². The van der Waals surface area contributed by atoms with Gasteiger partial charge >= 0.3 is 0 Å². The fourth-order valence-electron chi connectivity index (χ4n) is 2.03. The molecule has 0 fully saturated rings. The van der Waals surface area contributed by atoms with Crippen LogP contribution in [0, 0.1) is 5.92 Å². The summed E-state index contributed by atoms with van der Waals surface area (Å²) in [6.45, 7) is 6.64. The highest BCUT2D eigenvalue weighted by Gasteiger charge is 2.08. The SMILES string of the molecule is CCCC(CNCC)Cc1cccc(Br)c1. The highest BCUT2D eigenvalue weighted by atomic mass is 79.9. The molecule has 0 bridgehead atoms. The van der Waals surface area contributed by atoms with E-state index in [-0.39, 0.29) is 0 Å². The molecule has 0 aliphatic carbocycles. The number of hydrogen-bond acceptors (Lipinski definition) is 1. The van der Waals surface area contributed by atoms with Gasteiger partial charge in [0.2, 0.25) is 0 Å². The second-order valence-corrected chi connectivity index (χ2v) is 5.21. The first-order chi connectivity index (χ1) is 7.76. The van der Waals surface area contributed by atoms with E-state index in [2.05, 4.69) is 59.4 Å². The van der Waals surface area contributed by atoms with Gasteiger partial charge in [-0.15, -0.1) is 0 Å². The van der Waals surface area contributed by atoms with Crippen molar-refractivity contribution in [2.45, 2.75) is 33.1 Å². The molecule has 1 atom stereocenters. The zero-order chi connectivity index (χ0) is 11.8. The first-order valence-electron chi connectivity index (χ1n) is 6.21. The summed E-state index contributed by atoms with van der Waals surface area (Å²) < 4.78 is 1.18. The number of nitrogens with one attached hydrogen (secondary N) is 1. The van der Waals surface area contributed by atoms with E-state index in [0.717, 1.165) is 19.0 Å². The normalized spacial score (nSPS) is 12.7. The van der Waals surface area contributed by atoms with Gasteiger partial charge in [-0.2, -0.15) is 0 Å². The van der Waals surface area contributed by atoms with Gasteiger partial charge in [0, 0.05) is 4.47 Å². The van der Waals surface area contributed by atoms with Gasteiger partial charge in [0.15, 0.2) is 0 Å². The van der Waals surface area contributed by atoms with Crippen LogP contribution in [0.15, 0.2) is 28.7 Å². The average molecular weight is 284 g/mol. The second-order valence-electron chi connectivity index (χ2n) is 4.30. The van der Waals surface area contributed by atoms with Crippen molar-refractivity contribution < 1.29 is 0 Å². The molecule has 0 aromatic heterocycles. The summed E-state index contributed by atoms with van der Waals surface area (Å²) in [7, 11) is 0. The van der Waals surface area contributed by atoms with Gasteiger partial charge in [0.1, 0.15) is 0 Å². The molecular weight excluding hydrogens is 262 g/mol. The summed E-state index contributed by atoms with van der Waals surface area (Å²) in [5.74, 6) is 0.763. The third-order valence-electron chi connectivity index (χ3n) is 2.79. The van der Waals surface area contributed by atoms with Gasteiger partial charge in [-0.3, -0.25) is 0 Å². The average Bonchev–Trinajstić information content (AvgIpc) is 2.26. The molecule has 0 aliphatic rings. The lowest BCUT2D eigenvalue weighted by Gasteiger charge is -2.16. The second kappa shape index (κ2) is 7.86. The molecule has 0 saturated carbocycles. The van der Waals surface area contributed by atoms with E-state index >= 15 is 0 Å². The van der Waals surface area contributed by atoms with E-state index in [4.69, 9.17) is 0 Å². The van der Waals surface area contributed by atoms with Crippen LogP contribution < -0.4 is 5.32 Å². The Morgan fingerprint density at radius 1 is 1.31 bits per heavy atom. The van der Waals surface area contributed by atoms with Crippen molar-refractivity contribution in [1.29, 1.82) is 0 Å². The molecule has 1 unspecified atom stereocenters. The Morgan fingerprint density at radius 2 is 2.12 bits per heavy atom. The van der Waals surface area contributed by atoms with E-state index in [9.17, 15) is 0 Å². The van der Waals surface area contributed by atoms with Crippen molar-refractivity contribution >= 4 is 15.9 Å². The number of rotatable bonds is 7. The molecule has 0 amide bonds. The lowest BCUT2D eigenvalue weighted by molar-refractivity contribution is 0.444. The lowest BCUT2D eigenvalue weighted by Crippen LogP contribution is -2.24. The fraction of sp³-hybridized carbons (Fsp3) is 0.571. The van der Waals surface area contributed by atoms with Crippen LogP contribution in [0.4, 0.5) is 0 Å². The Morgan fingerprint density at radius 3 is 2.75 bits per heavy atom. The summed E-state index contributed by atoms with van der Waals surface area (Å²) in [6, 6.07) is 8.66. The summed E-state index contributed by atoms with van der Waals surface area (Å²) in [4.78, 5) is 0. The first kappa shape index (κ1) is 13.7. The molecule has 1 aromatic rings. The predicted octanol–water partition coefficient (Wildman–Crippen LogP) is 4.02. The molecule has 0 spiro atoms. The van der Waals surface area contributed by atoms with Crippen LogP contribution in [-0.4, -0.2) is 13.1 Å². The summed E-state index contributed by atoms with van der Waals surface area (Å²) in [5.41, 5.74) is 1.44. The highest BCUT2D eigenvalue weighted by molar-refractivity contribution is 9.10. The van der Waals surface area contributed by atoms with Crippen LogP contribution in [0.5, 0.6) is 0 Å². The van der Waals surface area contributed by atoms with E-state index in [1.807, 2.05) is 0 Å². The van der Waals surface area contributed by atoms with Crippen LogP contribution >= 0.6 is 15.9 Å². The minimum absolute atomic E-state index is 0.763. The Hall–Kier alpha value is -0.340. The maximum absolute atomic E-state index is 3.53. The standard InChI is InChI=1S/C14H22BrN/c1-3-6-13(11-16-4-2)9-12-7-5-8-14(15)10-12/h5,7-8,10,13,16H,3-4,6,9,11H2,1-2H3. The molecule has 1 aromatic carbocycles. The fourth-order valence-corrected chi connectivity index (χ4v) is 2.48. The van der Waals surface area contributed by atoms with Crippen LogP contribution in [0.2, 0.25) is 0 Å².